The van der Waals surface area contributed by atoms with Gasteiger partial charge in [-0.15, -0.1) is 5.92 Å². The van der Waals surface area contributed by atoms with Gasteiger partial charge in [-0.3, -0.25) is 0 Å². The largest absolute Gasteiger partial charge is 0.392 e. The average molecular weight is 246 g/mol. The monoisotopic (exact) mass is 246 g/mol. The molecule has 0 unspecified atom stereocenters. The normalized spacial score (nSPS) is 13.5. The lowest BCUT2D eigenvalue weighted by molar-refractivity contribution is 0.0868. The van der Waals surface area contributed by atoms with Crippen molar-refractivity contribution in [2.75, 3.05) is 6.61 Å². The summed E-state index contributed by atoms with van der Waals surface area (Å²) in [6.07, 6.45) is 1.26. The molecular formula is C16H22O2. The van der Waals surface area contributed by atoms with Crippen LogP contribution in [0.2, 0.25) is 0 Å². The first-order chi connectivity index (χ1) is 8.74. The predicted octanol–water partition coefficient (Wildman–Crippen LogP) is 3.00. The number of ether oxygens (including phenoxy) is 1. The third kappa shape index (κ3) is 5.86. The second-order valence-corrected chi connectivity index (χ2v) is 4.43. The van der Waals surface area contributed by atoms with Crippen LogP contribution in [0.5, 0.6) is 0 Å². The van der Waals surface area contributed by atoms with E-state index in [-0.39, 0.29) is 12.0 Å². The molecule has 2 atom stereocenters. The lowest BCUT2D eigenvalue weighted by Gasteiger charge is -2.13. The van der Waals surface area contributed by atoms with Gasteiger partial charge >= 0.3 is 0 Å². The summed E-state index contributed by atoms with van der Waals surface area (Å²) in [6.45, 7) is 5.07. The molecular weight excluding hydrogens is 224 g/mol. The van der Waals surface area contributed by atoms with Crippen LogP contribution in [-0.2, 0) is 11.3 Å². The Labute approximate surface area is 110 Å². The highest BCUT2D eigenvalue weighted by Crippen LogP contribution is 2.09. The van der Waals surface area contributed by atoms with Crippen LogP contribution in [0, 0.1) is 17.8 Å². The van der Waals surface area contributed by atoms with Crippen LogP contribution in [0.4, 0.5) is 0 Å². The summed E-state index contributed by atoms with van der Waals surface area (Å²) in [7, 11) is 0. The molecule has 0 aliphatic heterocycles. The number of hydrogen-bond acceptors (Lipinski definition) is 2. The van der Waals surface area contributed by atoms with E-state index in [4.69, 9.17) is 4.74 Å². The summed E-state index contributed by atoms with van der Waals surface area (Å²) in [6, 6.07) is 10.1. The fraction of sp³-hybridized carbons (Fsp3) is 0.500. The molecule has 0 fully saturated rings. The number of rotatable bonds is 7. The first-order valence-corrected chi connectivity index (χ1v) is 6.46. The second-order valence-electron chi connectivity index (χ2n) is 4.43. The molecule has 0 aliphatic carbocycles. The smallest absolute Gasteiger partial charge is 0.0716 e. The van der Waals surface area contributed by atoms with E-state index in [1.54, 1.807) is 6.92 Å². The number of benzene rings is 1. The molecule has 0 bridgehead atoms. The molecule has 1 aromatic carbocycles. The first kappa shape index (κ1) is 14.8. The minimum Gasteiger partial charge on any atom is -0.392 e. The summed E-state index contributed by atoms with van der Waals surface area (Å²) in [5, 5.41) is 9.81. The Hall–Kier alpha value is -1.30. The van der Waals surface area contributed by atoms with E-state index >= 15 is 0 Å². The minimum absolute atomic E-state index is 0.0455. The molecule has 0 spiro atoms. The molecule has 0 amide bonds. The lowest BCUT2D eigenvalue weighted by atomic mass is 10.0. The quantitative estimate of drug-likeness (QED) is 0.592. The van der Waals surface area contributed by atoms with E-state index in [9.17, 15) is 5.11 Å². The van der Waals surface area contributed by atoms with Crippen LogP contribution >= 0.6 is 0 Å². The molecule has 0 saturated heterocycles. The topological polar surface area (TPSA) is 29.5 Å². The zero-order valence-electron chi connectivity index (χ0n) is 11.2. The van der Waals surface area contributed by atoms with Gasteiger partial charge in [0, 0.05) is 12.5 Å². The molecule has 1 N–H and O–H groups in total. The highest BCUT2D eigenvalue weighted by Gasteiger charge is 2.10. The summed E-state index contributed by atoms with van der Waals surface area (Å²) in [5.41, 5.74) is 1.18. The second kappa shape index (κ2) is 8.74. The van der Waals surface area contributed by atoms with E-state index in [2.05, 4.69) is 11.8 Å². The van der Waals surface area contributed by atoms with Gasteiger partial charge in [0.05, 0.1) is 12.7 Å². The molecule has 0 aromatic heterocycles. The molecule has 2 heteroatoms. The SMILES string of the molecule is CC#C[C@@H](C)[C@H](O)CCCOCc1ccccc1. The fourth-order valence-electron chi connectivity index (χ4n) is 1.73. The van der Waals surface area contributed by atoms with Crippen LogP contribution < -0.4 is 0 Å². The van der Waals surface area contributed by atoms with Crippen LogP contribution in [0.25, 0.3) is 0 Å². The standard InChI is InChI=1S/C16H22O2/c1-3-8-14(2)16(17)11-7-12-18-13-15-9-5-4-6-10-15/h4-6,9-10,14,16-17H,7,11-13H2,1-2H3/t14-,16-/m1/s1. The molecule has 0 heterocycles. The molecule has 0 saturated carbocycles. The van der Waals surface area contributed by atoms with Gasteiger partial charge in [0.2, 0.25) is 0 Å². The Morgan fingerprint density at radius 3 is 2.67 bits per heavy atom. The summed E-state index contributed by atoms with van der Waals surface area (Å²) in [4.78, 5) is 0. The van der Waals surface area contributed by atoms with Crippen molar-refractivity contribution in [2.24, 2.45) is 5.92 Å². The van der Waals surface area contributed by atoms with Gasteiger partial charge in [-0.05, 0) is 32.3 Å². The Bertz CT molecular complexity index is 375. The van der Waals surface area contributed by atoms with Gasteiger partial charge in [0.25, 0.3) is 0 Å². The Kier molecular flexibility index (Phi) is 7.17. The number of aliphatic hydroxyl groups excluding tert-OH is 1. The van der Waals surface area contributed by atoms with Crippen LogP contribution in [0.15, 0.2) is 30.3 Å². The minimum atomic E-state index is -0.349. The van der Waals surface area contributed by atoms with Gasteiger partial charge in [-0.1, -0.05) is 36.3 Å². The fourth-order valence-corrected chi connectivity index (χ4v) is 1.73. The maximum Gasteiger partial charge on any atom is 0.0716 e. The summed E-state index contributed by atoms with van der Waals surface area (Å²) in [5.74, 6) is 5.85. The number of aliphatic hydroxyl groups is 1. The van der Waals surface area contributed by atoms with Gasteiger partial charge in [-0.2, -0.15) is 0 Å². The molecule has 98 valence electrons. The molecule has 0 aliphatic rings. The molecule has 0 radical (unpaired) electrons. The van der Waals surface area contributed by atoms with Crippen molar-refractivity contribution in [3.05, 3.63) is 35.9 Å². The van der Waals surface area contributed by atoms with Crippen molar-refractivity contribution in [3.8, 4) is 11.8 Å². The van der Waals surface area contributed by atoms with Gasteiger partial charge in [0.1, 0.15) is 0 Å². The maximum atomic E-state index is 9.81. The summed E-state index contributed by atoms with van der Waals surface area (Å²) < 4.78 is 5.56. The van der Waals surface area contributed by atoms with Crippen LogP contribution in [-0.4, -0.2) is 17.8 Å². The van der Waals surface area contributed by atoms with E-state index in [0.29, 0.717) is 13.2 Å². The van der Waals surface area contributed by atoms with Crippen molar-refractivity contribution in [1.29, 1.82) is 0 Å². The highest BCUT2D eigenvalue weighted by atomic mass is 16.5. The third-order valence-corrected chi connectivity index (χ3v) is 2.85. The van der Waals surface area contributed by atoms with Crippen molar-refractivity contribution >= 4 is 0 Å². The Morgan fingerprint density at radius 1 is 1.28 bits per heavy atom. The Balaban J connectivity index is 2.10. The zero-order valence-corrected chi connectivity index (χ0v) is 11.2. The van der Waals surface area contributed by atoms with Crippen molar-refractivity contribution in [2.45, 2.75) is 39.4 Å². The molecule has 1 rings (SSSR count). The number of hydrogen-bond donors (Lipinski definition) is 1. The van der Waals surface area contributed by atoms with Crippen molar-refractivity contribution < 1.29 is 9.84 Å². The Morgan fingerprint density at radius 2 is 2.00 bits per heavy atom. The van der Waals surface area contributed by atoms with Crippen LogP contribution in [0.3, 0.4) is 0 Å². The van der Waals surface area contributed by atoms with Crippen molar-refractivity contribution in [1.82, 2.24) is 0 Å². The molecule has 2 nitrogen and oxygen atoms in total. The van der Waals surface area contributed by atoms with E-state index in [1.807, 2.05) is 37.3 Å². The highest BCUT2D eigenvalue weighted by molar-refractivity contribution is 5.13. The van der Waals surface area contributed by atoms with Crippen LogP contribution in [0.1, 0.15) is 32.3 Å². The first-order valence-electron chi connectivity index (χ1n) is 6.46. The van der Waals surface area contributed by atoms with Gasteiger partial charge < -0.3 is 9.84 Å². The lowest BCUT2D eigenvalue weighted by Crippen LogP contribution is -2.16. The molecule has 18 heavy (non-hydrogen) atoms. The van der Waals surface area contributed by atoms with Crippen molar-refractivity contribution in [3.63, 3.8) is 0 Å². The van der Waals surface area contributed by atoms with E-state index in [1.165, 1.54) is 5.56 Å². The third-order valence-electron chi connectivity index (χ3n) is 2.85. The zero-order chi connectivity index (χ0) is 13.2. The predicted molar refractivity (Wildman–Crippen MR) is 74.0 cm³/mol. The van der Waals surface area contributed by atoms with E-state index in [0.717, 1.165) is 12.8 Å². The average Bonchev–Trinajstić information content (AvgIpc) is 2.39. The van der Waals surface area contributed by atoms with Gasteiger partial charge in [-0.25, -0.2) is 0 Å². The summed E-state index contributed by atoms with van der Waals surface area (Å²) >= 11 is 0. The maximum absolute atomic E-state index is 9.81. The van der Waals surface area contributed by atoms with Gasteiger partial charge in [0.15, 0.2) is 0 Å². The molecule has 1 aromatic rings. The van der Waals surface area contributed by atoms with E-state index < -0.39 is 0 Å².